The quantitative estimate of drug-likeness (QED) is 0.701. The van der Waals surface area contributed by atoms with Crippen LogP contribution in [-0.4, -0.2) is 0 Å². The molecule has 2 aromatic rings. The molecule has 1 aromatic carbocycles. The summed E-state index contributed by atoms with van der Waals surface area (Å²) < 4.78 is 5.15. The lowest BCUT2D eigenvalue weighted by Gasteiger charge is -2.04. The van der Waals surface area contributed by atoms with E-state index >= 15 is 0 Å². The summed E-state index contributed by atoms with van der Waals surface area (Å²) in [5, 5.41) is 1.07. The minimum Gasteiger partial charge on any atom is -0.423 e. The first-order chi connectivity index (χ1) is 7.24. The third kappa shape index (κ3) is 1.80. The van der Waals surface area contributed by atoms with Gasteiger partial charge in [-0.2, -0.15) is 0 Å². The maximum atomic E-state index is 11.3. The van der Waals surface area contributed by atoms with Gasteiger partial charge in [0, 0.05) is 11.5 Å². The molecule has 15 heavy (non-hydrogen) atoms. The van der Waals surface area contributed by atoms with E-state index in [1.165, 1.54) is 5.56 Å². The fourth-order valence-corrected chi connectivity index (χ4v) is 1.79. The van der Waals surface area contributed by atoms with Crippen LogP contribution in [0.4, 0.5) is 0 Å². The fraction of sp³-hybridized carbons (Fsp3) is 0.308. The third-order valence-corrected chi connectivity index (χ3v) is 2.68. The Morgan fingerprint density at radius 3 is 2.60 bits per heavy atom. The highest BCUT2D eigenvalue weighted by molar-refractivity contribution is 5.80. The molecule has 0 amide bonds. The Labute approximate surface area is 88.5 Å². The van der Waals surface area contributed by atoms with E-state index in [1.807, 2.05) is 19.1 Å². The highest BCUT2D eigenvalue weighted by Gasteiger charge is 2.04. The van der Waals surface area contributed by atoms with Gasteiger partial charge in [-0.15, -0.1) is 0 Å². The van der Waals surface area contributed by atoms with E-state index in [4.69, 9.17) is 4.42 Å². The van der Waals surface area contributed by atoms with Crippen molar-refractivity contribution in [3.05, 3.63) is 45.8 Å². The second kappa shape index (κ2) is 3.89. The minimum absolute atomic E-state index is 0.261. The monoisotopic (exact) mass is 202 g/mol. The zero-order chi connectivity index (χ0) is 10.8. The highest BCUT2D eigenvalue weighted by Crippen LogP contribution is 2.19. The molecule has 2 heteroatoms. The molecule has 2 rings (SSSR count). The van der Waals surface area contributed by atoms with Gasteiger partial charge in [0.15, 0.2) is 0 Å². The number of benzene rings is 1. The van der Waals surface area contributed by atoms with Crippen molar-refractivity contribution < 1.29 is 4.42 Å². The van der Waals surface area contributed by atoms with Crippen LogP contribution in [0.15, 0.2) is 33.5 Å². The van der Waals surface area contributed by atoms with Crippen LogP contribution in [0, 0.1) is 0 Å². The summed E-state index contributed by atoms with van der Waals surface area (Å²) in [5.74, 6) is 0. The van der Waals surface area contributed by atoms with Crippen molar-refractivity contribution in [2.24, 2.45) is 0 Å². The number of hydrogen-bond donors (Lipinski definition) is 0. The van der Waals surface area contributed by atoms with E-state index in [2.05, 4.69) is 13.0 Å². The first-order valence-corrected chi connectivity index (χ1v) is 5.30. The summed E-state index contributed by atoms with van der Waals surface area (Å²) in [7, 11) is 0. The maximum Gasteiger partial charge on any atom is 0.336 e. The van der Waals surface area contributed by atoms with Crippen LogP contribution in [-0.2, 0) is 12.8 Å². The lowest BCUT2D eigenvalue weighted by Crippen LogP contribution is -2.00. The molecule has 0 N–H and O–H groups in total. The molecule has 0 saturated heterocycles. The number of aryl methyl sites for hydroxylation is 2. The van der Waals surface area contributed by atoms with E-state index in [0.717, 1.165) is 23.8 Å². The van der Waals surface area contributed by atoms with Gasteiger partial charge in [-0.05, 0) is 36.1 Å². The Morgan fingerprint density at radius 2 is 1.93 bits per heavy atom. The van der Waals surface area contributed by atoms with Crippen molar-refractivity contribution in [2.75, 3.05) is 0 Å². The Morgan fingerprint density at radius 1 is 1.13 bits per heavy atom. The van der Waals surface area contributed by atoms with Crippen molar-refractivity contribution in [1.82, 2.24) is 0 Å². The van der Waals surface area contributed by atoms with Gasteiger partial charge in [0.05, 0.1) is 0 Å². The molecule has 0 aliphatic rings. The zero-order valence-electron chi connectivity index (χ0n) is 9.04. The van der Waals surface area contributed by atoms with Gasteiger partial charge < -0.3 is 4.42 Å². The summed E-state index contributed by atoms with van der Waals surface area (Å²) in [5.41, 5.74) is 2.77. The molecule has 0 spiro atoms. The van der Waals surface area contributed by atoms with Gasteiger partial charge in [0.1, 0.15) is 5.58 Å². The van der Waals surface area contributed by atoms with E-state index in [0.29, 0.717) is 5.58 Å². The van der Waals surface area contributed by atoms with E-state index in [-0.39, 0.29) is 5.63 Å². The molecule has 0 bridgehead atoms. The third-order valence-electron chi connectivity index (χ3n) is 2.68. The maximum absolute atomic E-state index is 11.3. The molecule has 1 aromatic heterocycles. The van der Waals surface area contributed by atoms with E-state index < -0.39 is 0 Å². The van der Waals surface area contributed by atoms with Crippen molar-refractivity contribution in [3.8, 4) is 0 Å². The first-order valence-electron chi connectivity index (χ1n) is 5.30. The van der Waals surface area contributed by atoms with Crippen LogP contribution >= 0.6 is 0 Å². The Hall–Kier alpha value is -1.57. The number of hydrogen-bond acceptors (Lipinski definition) is 2. The molecule has 0 atom stereocenters. The van der Waals surface area contributed by atoms with Gasteiger partial charge in [-0.3, -0.25) is 0 Å². The molecule has 0 aliphatic heterocycles. The van der Waals surface area contributed by atoms with Gasteiger partial charge in [-0.1, -0.05) is 19.9 Å². The molecule has 0 saturated carbocycles. The predicted octanol–water partition coefficient (Wildman–Crippen LogP) is 2.92. The van der Waals surface area contributed by atoms with Crippen LogP contribution in [0.1, 0.15) is 25.0 Å². The summed E-state index contributed by atoms with van der Waals surface area (Å²) in [4.78, 5) is 11.3. The molecule has 1 heterocycles. The molecule has 2 nitrogen and oxygen atoms in total. The van der Waals surface area contributed by atoms with Gasteiger partial charge in [-0.25, -0.2) is 4.79 Å². The summed E-state index contributed by atoms with van der Waals surface area (Å²) in [6, 6.07) is 7.58. The highest BCUT2D eigenvalue weighted by atomic mass is 16.4. The van der Waals surface area contributed by atoms with Crippen LogP contribution in [0.25, 0.3) is 11.0 Å². The minimum atomic E-state index is -0.261. The Kier molecular flexibility index (Phi) is 2.58. The predicted molar refractivity (Wildman–Crippen MR) is 61.2 cm³/mol. The number of fused-ring (bicyclic) bond motifs is 1. The Balaban J connectivity index is 2.79. The van der Waals surface area contributed by atoms with Crippen LogP contribution in [0.5, 0.6) is 0 Å². The van der Waals surface area contributed by atoms with Crippen LogP contribution in [0.2, 0.25) is 0 Å². The second-order valence-corrected chi connectivity index (χ2v) is 3.63. The first kappa shape index (κ1) is 9.97. The average Bonchev–Trinajstić information content (AvgIpc) is 2.27. The topological polar surface area (TPSA) is 30.2 Å². The second-order valence-electron chi connectivity index (χ2n) is 3.63. The molecular weight excluding hydrogens is 188 g/mol. The number of rotatable bonds is 2. The largest absolute Gasteiger partial charge is 0.423 e. The van der Waals surface area contributed by atoms with Crippen LogP contribution < -0.4 is 5.63 Å². The molecule has 0 unspecified atom stereocenters. The van der Waals surface area contributed by atoms with Crippen LogP contribution in [0.3, 0.4) is 0 Å². The zero-order valence-corrected chi connectivity index (χ0v) is 9.04. The lowest BCUT2D eigenvalue weighted by atomic mass is 10.0. The molecular formula is C13H14O2. The SMILES string of the molecule is CCc1ccc2oc(=O)cc(CC)c2c1. The van der Waals surface area contributed by atoms with Crippen molar-refractivity contribution in [3.63, 3.8) is 0 Å². The lowest BCUT2D eigenvalue weighted by molar-refractivity contribution is 0.559. The average molecular weight is 202 g/mol. The Bertz CT molecular complexity index is 538. The fourth-order valence-electron chi connectivity index (χ4n) is 1.79. The summed E-state index contributed by atoms with van der Waals surface area (Å²) in [6.07, 6.45) is 1.85. The molecule has 78 valence electrons. The van der Waals surface area contributed by atoms with Crippen molar-refractivity contribution in [1.29, 1.82) is 0 Å². The van der Waals surface area contributed by atoms with E-state index in [9.17, 15) is 4.79 Å². The molecule has 0 radical (unpaired) electrons. The van der Waals surface area contributed by atoms with Gasteiger partial charge >= 0.3 is 5.63 Å². The van der Waals surface area contributed by atoms with Crippen molar-refractivity contribution in [2.45, 2.75) is 26.7 Å². The standard InChI is InChI=1S/C13H14O2/c1-3-9-5-6-12-11(7-9)10(4-2)8-13(14)15-12/h5-8H,3-4H2,1-2H3. The summed E-state index contributed by atoms with van der Waals surface area (Å²) >= 11 is 0. The van der Waals surface area contributed by atoms with Gasteiger partial charge in [0.25, 0.3) is 0 Å². The normalized spacial score (nSPS) is 10.8. The molecule has 0 fully saturated rings. The molecule has 0 aliphatic carbocycles. The van der Waals surface area contributed by atoms with E-state index in [1.54, 1.807) is 6.07 Å². The smallest absolute Gasteiger partial charge is 0.336 e. The van der Waals surface area contributed by atoms with Gasteiger partial charge in [0.2, 0.25) is 0 Å². The van der Waals surface area contributed by atoms with Crippen molar-refractivity contribution >= 4 is 11.0 Å². The summed E-state index contributed by atoms with van der Waals surface area (Å²) in [6.45, 7) is 4.17.